The molecule has 1 aliphatic rings. The summed E-state index contributed by atoms with van der Waals surface area (Å²) in [6.45, 7) is 0. The number of nitrogens with two attached hydrogens (primary N) is 1. The van der Waals surface area contributed by atoms with Crippen LogP contribution in [0.4, 0.5) is 5.69 Å². The monoisotopic (exact) mass is 348 g/mol. The van der Waals surface area contributed by atoms with E-state index in [1.54, 1.807) is 18.2 Å². The molecule has 3 aromatic rings. The van der Waals surface area contributed by atoms with Crippen LogP contribution in [0, 0.1) is 0 Å². The van der Waals surface area contributed by atoms with Gasteiger partial charge in [0.2, 0.25) is 5.91 Å². The first-order valence-electron chi connectivity index (χ1n) is 8.76. The van der Waals surface area contributed by atoms with Crippen LogP contribution in [0.15, 0.2) is 47.3 Å². The Labute approximate surface area is 150 Å². The fourth-order valence-electron chi connectivity index (χ4n) is 3.54. The maximum atomic E-state index is 12.3. The third-order valence-corrected chi connectivity index (χ3v) is 4.83. The Morgan fingerprint density at radius 3 is 3.00 bits per heavy atom. The molecule has 132 valence electrons. The van der Waals surface area contributed by atoms with E-state index < -0.39 is 0 Å². The first-order chi connectivity index (χ1) is 12.6. The number of benzene rings is 2. The fourth-order valence-corrected chi connectivity index (χ4v) is 3.54. The van der Waals surface area contributed by atoms with Crippen molar-refractivity contribution < 1.29 is 4.79 Å². The van der Waals surface area contributed by atoms with Crippen molar-refractivity contribution in [3.8, 4) is 0 Å². The van der Waals surface area contributed by atoms with Crippen molar-refractivity contribution in [3.05, 3.63) is 69.8 Å². The molecule has 1 heterocycles. The van der Waals surface area contributed by atoms with Gasteiger partial charge in [-0.15, -0.1) is 0 Å². The van der Waals surface area contributed by atoms with Gasteiger partial charge in [-0.3, -0.25) is 9.59 Å². The second kappa shape index (κ2) is 6.63. The summed E-state index contributed by atoms with van der Waals surface area (Å²) < 4.78 is 0. The number of aromatic amines is 1. The molecule has 6 nitrogen and oxygen atoms in total. The van der Waals surface area contributed by atoms with E-state index in [9.17, 15) is 9.59 Å². The number of hydrogen-bond donors (Lipinski definition) is 3. The van der Waals surface area contributed by atoms with Crippen LogP contribution in [-0.2, 0) is 17.6 Å². The second-order valence-electron chi connectivity index (χ2n) is 6.65. The van der Waals surface area contributed by atoms with E-state index in [1.807, 2.05) is 24.3 Å². The third-order valence-electron chi connectivity index (χ3n) is 4.83. The molecule has 0 fully saturated rings. The Morgan fingerprint density at radius 2 is 2.12 bits per heavy atom. The zero-order chi connectivity index (χ0) is 18.1. The summed E-state index contributed by atoms with van der Waals surface area (Å²) >= 11 is 0. The average molecular weight is 348 g/mol. The molecule has 0 aliphatic heterocycles. The van der Waals surface area contributed by atoms with Crippen molar-refractivity contribution in [2.24, 2.45) is 0 Å². The predicted octanol–water partition coefficient (Wildman–Crippen LogP) is 2.24. The molecule has 2 aromatic carbocycles. The third kappa shape index (κ3) is 3.18. The number of nitrogens with one attached hydrogen (secondary N) is 2. The van der Waals surface area contributed by atoms with Crippen molar-refractivity contribution in [2.45, 2.75) is 31.7 Å². The highest BCUT2D eigenvalue weighted by Crippen LogP contribution is 2.32. The number of aryl methyl sites for hydroxylation is 2. The fraction of sp³-hybridized carbons (Fsp3) is 0.250. The number of carbonyl (C=O) groups is 1. The van der Waals surface area contributed by atoms with Crippen LogP contribution in [0.25, 0.3) is 10.9 Å². The van der Waals surface area contributed by atoms with Gasteiger partial charge in [-0.2, -0.15) is 0 Å². The number of aromatic nitrogens is 2. The van der Waals surface area contributed by atoms with Crippen LogP contribution in [0.2, 0.25) is 0 Å². The molecule has 6 heteroatoms. The van der Waals surface area contributed by atoms with E-state index >= 15 is 0 Å². The van der Waals surface area contributed by atoms with E-state index in [1.165, 1.54) is 5.56 Å². The highest BCUT2D eigenvalue weighted by atomic mass is 16.1. The highest BCUT2D eigenvalue weighted by molar-refractivity contribution is 5.78. The molecule has 1 amide bonds. The summed E-state index contributed by atoms with van der Waals surface area (Å²) in [5, 5.41) is 3.63. The predicted molar refractivity (Wildman–Crippen MR) is 101 cm³/mol. The SMILES string of the molecule is Nc1ccc2c(c1)CCC2NC(=O)CCc1nc2ccccc2c(=O)[nH]1. The van der Waals surface area contributed by atoms with E-state index in [0.717, 1.165) is 24.1 Å². The zero-order valence-corrected chi connectivity index (χ0v) is 14.3. The number of amides is 1. The van der Waals surface area contributed by atoms with E-state index in [2.05, 4.69) is 15.3 Å². The van der Waals surface area contributed by atoms with Crippen LogP contribution in [-0.4, -0.2) is 15.9 Å². The van der Waals surface area contributed by atoms with Crippen molar-refractivity contribution in [2.75, 3.05) is 5.73 Å². The first-order valence-corrected chi connectivity index (χ1v) is 8.76. The number of H-pyrrole nitrogens is 1. The zero-order valence-electron chi connectivity index (χ0n) is 14.3. The molecule has 1 aromatic heterocycles. The summed E-state index contributed by atoms with van der Waals surface area (Å²) in [5.41, 5.74) is 9.39. The van der Waals surface area contributed by atoms with E-state index in [0.29, 0.717) is 23.1 Å². The molecular formula is C20H20N4O2. The Morgan fingerprint density at radius 1 is 1.27 bits per heavy atom. The second-order valence-corrected chi connectivity index (χ2v) is 6.65. The van der Waals surface area contributed by atoms with Gasteiger partial charge in [-0.1, -0.05) is 18.2 Å². The van der Waals surface area contributed by atoms with Gasteiger partial charge in [-0.25, -0.2) is 4.98 Å². The number of para-hydroxylation sites is 1. The number of nitrogens with zero attached hydrogens (tertiary/aromatic N) is 1. The molecule has 0 saturated carbocycles. The van der Waals surface area contributed by atoms with Crippen LogP contribution in [0.5, 0.6) is 0 Å². The quantitative estimate of drug-likeness (QED) is 0.629. The number of anilines is 1. The summed E-state index contributed by atoms with van der Waals surface area (Å²) in [6, 6.07) is 13.1. The normalized spacial score (nSPS) is 15.8. The average Bonchev–Trinajstić information content (AvgIpc) is 3.02. The minimum atomic E-state index is -0.173. The van der Waals surface area contributed by atoms with Crippen LogP contribution in [0.3, 0.4) is 0 Å². The Kier molecular flexibility index (Phi) is 4.16. The Balaban J connectivity index is 1.42. The van der Waals surface area contributed by atoms with Gasteiger partial charge >= 0.3 is 0 Å². The van der Waals surface area contributed by atoms with Gasteiger partial charge in [0, 0.05) is 18.5 Å². The molecule has 0 spiro atoms. The topological polar surface area (TPSA) is 101 Å². The molecule has 0 bridgehead atoms. The number of nitrogen functional groups attached to an aromatic ring is 1. The number of rotatable bonds is 4. The smallest absolute Gasteiger partial charge is 0.258 e. The lowest BCUT2D eigenvalue weighted by atomic mass is 10.1. The summed E-state index contributed by atoms with van der Waals surface area (Å²) in [4.78, 5) is 31.6. The van der Waals surface area contributed by atoms with Gasteiger partial charge in [-0.05, 0) is 48.2 Å². The number of fused-ring (bicyclic) bond motifs is 2. The molecule has 4 rings (SSSR count). The van der Waals surface area contributed by atoms with Crippen molar-refractivity contribution in [1.29, 1.82) is 0 Å². The Bertz CT molecular complexity index is 1040. The van der Waals surface area contributed by atoms with Gasteiger partial charge in [0.25, 0.3) is 5.56 Å². The summed E-state index contributed by atoms with van der Waals surface area (Å²) in [6.07, 6.45) is 2.48. The lowest BCUT2D eigenvalue weighted by molar-refractivity contribution is -0.121. The molecule has 0 radical (unpaired) electrons. The van der Waals surface area contributed by atoms with Crippen molar-refractivity contribution in [1.82, 2.24) is 15.3 Å². The van der Waals surface area contributed by atoms with Gasteiger partial charge < -0.3 is 16.0 Å². The van der Waals surface area contributed by atoms with E-state index in [-0.39, 0.29) is 23.9 Å². The lowest BCUT2D eigenvalue weighted by Gasteiger charge is -2.14. The van der Waals surface area contributed by atoms with Crippen LogP contribution < -0.4 is 16.6 Å². The lowest BCUT2D eigenvalue weighted by Crippen LogP contribution is -2.27. The molecule has 0 saturated heterocycles. The van der Waals surface area contributed by atoms with Crippen molar-refractivity contribution >= 4 is 22.5 Å². The first kappa shape index (κ1) is 16.3. The molecule has 1 atom stereocenters. The highest BCUT2D eigenvalue weighted by Gasteiger charge is 2.23. The molecule has 1 unspecified atom stereocenters. The maximum Gasteiger partial charge on any atom is 0.258 e. The molecule has 26 heavy (non-hydrogen) atoms. The Hall–Kier alpha value is -3.15. The van der Waals surface area contributed by atoms with Crippen molar-refractivity contribution in [3.63, 3.8) is 0 Å². The van der Waals surface area contributed by atoms with Gasteiger partial charge in [0.15, 0.2) is 0 Å². The van der Waals surface area contributed by atoms with E-state index in [4.69, 9.17) is 5.73 Å². The minimum Gasteiger partial charge on any atom is -0.399 e. The number of carbonyl (C=O) groups excluding carboxylic acids is 1. The summed E-state index contributed by atoms with van der Waals surface area (Å²) in [5.74, 6) is 0.485. The summed E-state index contributed by atoms with van der Waals surface area (Å²) in [7, 11) is 0. The van der Waals surface area contributed by atoms with Gasteiger partial charge in [0.05, 0.1) is 16.9 Å². The van der Waals surface area contributed by atoms with Crippen LogP contribution in [0.1, 0.15) is 35.8 Å². The van der Waals surface area contributed by atoms with Gasteiger partial charge in [0.1, 0.15) is 5.82 Å². The minimum absolute atomic E-state index is 0.0294. The molecule has 4 N–H and O–H groups in total. The largest absolute Gasteiger partial charge is 0.399 e. The number of hydrogen-bond acceptors (Lipinski definition) is 4. The molecule has 1 aliphatic carbocycles. The van der Waals surface area contributed by atoms with Crippen LogP contribution >= 0.6 is 0 Å². The standard InChI is InChI=1S/C20H20N4O2/c21-13-6-7-14-12(11-13)5-8-17(14)23-19(25)10-9-18-22-16-4-2-1-3-15(16)20(26)24-18/h1-4,6-7,11,17H,5,8-10,21H2,(H,23,25)(H,22,24,26). The maximum absolute atomic E-state index is 12.3. The molecular weight excluding hydrogens is 328 g/mol.